The maximum absolute atomic E-state index is 13.1. The fourth-order valence-electron chi connectivity index (χ4n) is 3.79. The molecule has 0 spiro atoms. The molecule has 30 heavy (non-hydrogen) atoms. The number of benzene rings is 2. The van der Waals surface area contributed by atoms with E-state index in [4.69, 9.17) is 11.6 Å². The number of phenols is 1. The summed E-state index contributed by atoms with van der Waals surface area (Å²) in [6, 6.07) is 13.8. The number of carbonyl (C=O) groups excluding carboxylic acids is 2. The minimum Gasteiger partial charge on any atom is -0.508 e. The van der Waals surface area contributed by atoms with Crippen LogP contribution in [-0.2, 0) is 16.0 Å². The number of rotatable bonds is 6. The fraction of sp³-hybridized carbons (Fsp3) is 0.333. The molecule has 1 aliphatic heterocycles. The molecule has 2 aromatic carbocycles. The van der Waals surface area contributed by atoms with Crippen LogP contribution in [0.4, 0.5) is 0 Å². The Morgan fingerprint density at radius 2 is 1.80 bits per heavy atom. The molecule has 0 radical (unpaired) electrons. The van der Waals surface area contributed by atoms with E-state index in [1.807, 2.05) is 24.3 Å². The molecule has 1 aliphatic rings. The van der Waals surface area contributed by atoms with Gasteiger partial charge in [-0.25, -0.2) is 0 Å². The van der Waals surface area contributed by atoms with Gasteiger partial charge in [-0.05, 0) is 55.0 Å². The summed E-state index contributed by atoms with van der Waals surface area (Å²) in [7, 11) is 0. The van der Waals surface area contributed by atoms with E-state index >= 15 is 0 Å². The Hall–Kier alpha value is -2.79. The van der Waals surface area contributed by atoms with Gasteiger partial charge < -0.3 is 15.3 Å². The summed E-state index contributed by atoms with van der Waals surface area (Å²) < 4.78 is 0. The highest BCUT2D eigenvalue weighted by Gasteiger charge is 2.30. The molecular formula is C24H27ClN2O3. The number of amides is 2. The molecule has 0 unspecified atom stereocenters. The number of aromatic hydroxyl groups is 1. The number of hydrogen-bond donors (Lipinski definition) is 2. The lowest BCUT2D eigenvalue weighted by molar-refractivity contribution is -0.136. The van der Waals surface area contributed by atoms with Gasteiger partial charge in [-0.15, -0.1) is 0 Å². The Morgan fingerprint density at radius 3 is 2.40 bits per heavy atom. The summed E-state index contributed by atoms with van der Waals surface area (Å²) in [4.78, 5) is 27.4. The monoisotopic (exact) mass is 426 g/mol. The summed E-state index contributed by atoms with van der Waals surface area (Å²) in [6.45, 7) is 6.90. The molecule has 0 aromatic heterocycles. The van der Waals surface area contributed by atoms with E-state index in [0.29, 0.717) is 30.1 Å². The molecule has 0 bridgehead atoms. The van der Waals surface area contributed by atoms with E-state index in [-0.39, 0.29) is 24.0 Å². The van der Waals surface area contributed by atoms with Crippen LogP contribution in [0.25, 0.3) is 0 Å². The van der Waals surface area contributed by atoms with Gasteiger partial charge in [0.25, 0.3) is 0 Å². The molecule has 1 fully saturated rings. The van der Waals surface area contributed by atoms with Crippen molar-refractivity contribution >= 4 is 23.4 Å². The molecule has 1 heterocycles. The second kappa shape index (κ2) is 9.81. The van der Waals surface area contributed by atoms with E-state index in [0.717, 1.165) is 17.9 Å². The van der Waals surface area contributed by atoms with Gasteiger partial charge in [0, 0.05) is 23.7 Å². The van der Waals surface area contributed by atoms with Gasteiger partial charge >= 0.3 is 0 Å². The lowest BCUT2D eigenvalue weighted by atomic mass is 9.89. The number of halogens is 1. The standard InChI is InChI=1S/C24H27ClN2O3/c1-16(2)23(26-22(29)15-19-5-3-4-6-21(19)28)24(30)27-13-11-18(12-14-27)17-7-9-20(25)10-8-17/h3-10,18,23,28H,1,11-15H2,2H3,(H,26,29)/t23-/m1/s1. The van der Waals surface area contributed by atoms with Gasteiger partial charge in [0.2, 0.25) is 11.8 Å². The van der Waals surface area contributed by atoms with E-state index in [2.05, 4.69) is 11.9 Å². The second-order valence-corrected chi connectivity index (χ2v) is 8.24. The van der Waals surface area contributed by atoms with Crippen LogP contribution in [0.1, 0.15) is 36.8 Å². The first-order chi connectivity index (χ1) is 14.3. The largest absolute Gasteiger partial charge is 0.508 e. The molecule has 158 valence electrons. The van der Waals surface area contributed by atoms with Crippen molar-refractivity contribution in [2.24, 2.45) is 0 Å². The van der Waals surface area contributed by atoms with Gasteiger partial charge in [-0.1, -0.05) is 48.5 Å². The average molecular weight is 427 g/mol. The summed E-state index contributed by atoms with van der Waals surface area (Å²) >= 11 is 5.97. The lowest BCUT2D eigenvalue weighted by Crippen LogP contribution is -2.51. The predicted octanol–water partition coefficient (Wildman–Crippen LogP) is 4.06. The highest BCUT2D eigenvalue weighted by molar-refractivity contribution is 6.30. The van der Waals surface area contributed by atoms with E-state index < -0.39 is 6.04 Å². The van der Waals surface area contributed by atoms with Crippen LogP contribution in [0.5, 0.6) is 5.75 Å². The number of phenolic OH excluding ortho intramolecular Hbond substituents is 1. The first kappa shape index (κ1) is 21.9. The topological polar surface area (TPSA) is 69.6 Å². The number of piperidine rings is 1. The first-order valence-corrected chi connectivity index (χ1v) is 10.5. The lowest BCUT2D eigenvalue weighted by Gasteiger charge is -2.34. The smallest absolute Gasteiger partial charge is 0.249 e. The summed E-state index contributed by atoms with van der Waals surface area (Å²) in [5.41, 5.74) is 2.34. The number of para-hydroxylation sites is 1. The van der Waals surface area contributed by atoms with Crippen molar-refractivity contribution in [1.29, 1.82) is 0 Å². The van der Waals surface area contributed by atoms with Crippen LogP contribution in [0, 0.1) is 0 Å². The molecule has 2 aromatic rings. The van der Waals surface area contributed by atoms with Crippen molar-refractivity contribution in [1.82, 2.24) is 10.2 Å². The summed E-state index contributed by atoms with van der Waals surface area (Å²) in [5.74, 6) is -0.00282. The Balaban J connectivity index is 1.59. The normalized spacial score (nSPS) is 15.5. The van der Waals surface area contributed by atoms with E-state index in [1.165, 1.54) is 11.6 Å². The second-order valence-electron chi connectivity index (χ2n) is 7.80. The highest BCUT2D eigenvalue weighted by Crippen LogP contribution is 2.29. The van der Waals surface area contributed by atoms with Crippen LogP contribution in [0.15, 0.2) is 60.7 Å². The fourth-order valence-corrected chi connectivity index (χ4v) is 3.92. The first-order valence-electron chi connectivity index (χ1n) is 10.1. The zero-order chi connectivity index (χ0) is 21.7. The van der Waals surface area contributed by atoms with Gasteiger partial charge in [0.1, 0.15) is 11.8 Å². The van der Waals surface area contributed by atoms with Crippen molar-refractivity contribution < 1.29 is 14.7 Å². The third kappa shape index (κ3) is 5.42. The zero-order valence-electron chi connectivity index (χ0n) is 17.1. The molecule has 2 N–H and O–H groups in total. The number of nitrogens with one attached hydrogen (secondary N) is 1. The molecule has 3 rings (SSSR count). The van der Waals surface area contributed by atoms with Gasteiger partial charge in [0.15, 0.2) is 0 Å². The van der Waals surface area contributed by atoms with E-state index in [1.54, 1.807) is 30.0 Å². The van der Waals surface area contributed by atoms with Crippen molar-refractivity contribution in [3.8, 4) is 5.75 Å². The Morgan fingerprint density at radius 1 is 1.17 bits per heavy atom. The molecule has 1 atom stereocenters. The summed E-state index contributed by atoms with van der Waals surface area (Å²) in [5, 5.41) is 13.4. The Kier molecular flexibility index (Phi) is 7.16. The van der Waals surface area contributed by atoms with E-state index in [9.17, 15) is 14.7 Å². The van der Waals surface area contributed by atoms with Crippen molar-refractivity contribution in [3.63, 3.8) is 0 Å². The van der Waals surface area contributed by atoms with Crippen molar-refractivity contribution in [2.45, 2.75) is 38.1 Å². The third-order valence-electron chi connectivity index (χ3n) is 5.54. The minimum atomic E-state index is -0.768. The zero-order valence-corrected chi connectivity index (χ0v) is 17.9. The maximum atomic E-state index is 13.1. The van der Waals surface area contributed by atoms with Gasteiger partial charge in [-0.3, -0.25) is 9.59 Å². The predicted molar refractivity (Wildman–Crippen MR) is 119 cm³/mol. The average Bonchev–Trinajstić information content (AvgIpc) is 2.74. The number of carbonyl (C=O) groups is 2. The van der Waals surface area contributed by atoms with Crippen LogP contribution in [-0.4, -0.2) is 41.0 Å². The Labute approximate surface area is 182 Å². The molecular weight excluding hydrogens is 400 g/mol. The maximum Gasteiger partial charge on any atom is 0.249 e. The van der Waals surface area contributed by atoms with Crippen molar-refractivity contribution in [3.05, 3.63) is 76.8 Å². The minimum absolute atomic E-state index is 0.00236. The number of nitrogens with zero attached hydrogens (tertiary/aromatic N) is 1. The SMILES string of the molecule is C=C(C)[C@@H](NC(=O)Cc1ccccc1O)C(=O)N1CCC(c2ccc(Cl)cc2)CC1. The van der Waals surface area contributed by atoms with Crippen LogP contribution < -0.4 is 5.32 Å². The molecule has 2 amide bonds. The van der Waals surface area contributed by atoms with Crippen LogP contribution in [0.3, 0.4) is 0 Å². The number of hydrogen-bond acceptors (Lipinski definition) is 3. The van der Waals surface area contributed by atoms with Crippen molar-refractivity contribution in [2.75, 3.05) is 13.1 Å². The highest BCUT2D eigenvalue weighted by atomic mass is 35.5. The Bertz CT molecular complexity index is 918. The quantitative estimate of drug-likeness (QED) is 0.684. The van der Waals surface area contributed by atoms with Crippen LogP contribution in [0.2, 0.25) is 5.02 Å². The third-order valence-corrected chi connectivity index (χ3v) is 5.79. The van der Waals surface area contributed by atoms with Gasteiger partial charge in [0.05, 0.1) is 6.42 Å². The molecule has 1 saturated heterocycles. The molecule has 0 saturated carbocycles. The number of likely N-dealkylation sites (tertiary alicyclic amines) is 1. The van der Waals surface area contributed by atoms with Crippen LogP contribution >= 0.6 is 11.6 Å². The summed E-state index contributed by atoms with van der Waals surface area (Å²) in [6.07, 6.45) is 1.73. The van der Waals surface area contributed by atoms with Gasteiger partial charge in [-0.2, -0.15) is 0 Å². The molecule has 0 aliphatic carbocycles. The molecule has 5 nitrogen and oxygen atoms in total. The molecule has 6 heteroatoms.